The van der Waals surface area contributed by atoms with Gasteiger partial charge in [0.25, 0.3) is 0 Å². The number of β-amino-alcohol motifs (C(OH)–C–C–N with tert-alkyl or cyclic N) is 1. The van der Waals surface area contributed by atoms with E-state index in [0.717, 1.165) is 29.9 Å². The van der Waals surface area contributed by atoms with Crippen LogP contribution in [0.2, 0.25) is 0 Å². The summed E-state index contributed by atoms with van der Waals surface area (Å²) in [5.74, 6) is 0. The number of sulfonamides is 1. The highest BCUT2D eigenvalue weighted by molar-refractivity contribution is 7.92. The van der Waals surface area contributed by atoms with E-state index < -0.39 is 16.1 Å². The maximum atomic E-state index is 11.9. The number of rotatable bonds is 4. The fourth-order valence-electron chi connectivity index (χ4n) is 3.47. The molecule has 6 nitrogen and oxygen atoms in total. The van der Waals surface area contributed by atoms with Gasteiger partial charge in [0.15, 0.2) is 0 Å². The van der Waals surface area contributed by atoms with Gasteiger partial charge in [0, 0.05) is 25.7 Å². The van der Waals surface area contributed by atoms with Crippen molar-refractivity contribution in [2.75, 3.05) is 43.4 Å². The lowest BCUT2D eigenvalue weighted by atomic mass is 10.0. The fraction of sp³-hybridized carbons (Fsp3) is 0.625. The van der Waals surface area contributed by atoms with E-state index in [1.165, 1.54) is 10.6 Å². The zero-order chi connectivity index (χ0) is 16.6. The van der Waals surface area contributed by atoms with Crippen molar-refractivity contribution in [3.05, 3.63) is 29.3 Å². The molecule has 128 valence electrons. The molecule has 7 heteroatoms. The van der Waals surface area contributed by atoms with Gasteiger partial charge in [-0.3, -0.25) is 9.21 Å². The number of morpholine rings is 1. The zero-order valence-corrected chi connectivity index (χ0v) is 14.4. The number of anilines is 1. The van der Waals surface area contributed by atoms with E-state index in [4.69, 9.17) is 4.74 Å². The summed E-state index contributed by atoms with van der Waals surface area (Å²) < 4.78 is 30.7. The smallest absolute Gasteiger partial charge is 0.232 e. The standard InChI is InChI=1S/C16H24N2O4S/c1-12-9-14-10-13(3-4-15(14)18(12)23(2,20)21)16(19)11-17-5-7-22-8-6-17/h3-4,10,12,16,19H,5-9,11H2,1-2H3. The van der Waals surface area contributed by atoms with Crippen LogP contribution >= 0.6 is 0 Å². The molecule has 1 saturated heterocycles. The van der Waals surface area contributed by atoms with Gasteiger partial charge in [0.05, 0.1) is 31.3 Å². The minimum Gasteiger partial charge on any atom is -0.387 e. The van der Waals surface area contributed by atoms with Crippen LogP contribution in [0.25, 0.3) is 0 Å². The molecule has 2 aliphatic heterocycles. The molecule has 1 N–H and O–H groups in total. The lowest BCUT2D eigenvalue weighted by Crippen LogP contribution is -2.38. The van der Waals surface area contributed by atoms with Crippen LogP contribution in [0.5, 0.6) is 0 Å². The van der Waals surface area contributed by atoms with Crippen molar-refractivity contribution in [1.82, 2.24) is 4.90 Å². The predicted molar refractivity (Wildman–Crippen MR) is 89.1 cm³/mol. The Hall–Kier alpha value is -1.15. The molecule has 3 rings (SSSR count). The summed E-state index contributed by atoms with van der Waals surface area (Å²) in [6.45, 7) is 5.57. The van der Waals surface area contributed by atoms with Gasteiger partial charge in [0.1, 0.15) is 0 Å². The summed E-state index contributed by atoms with van der Waals surface area (Å²) in [4.78, 5) is 2.19. The molecule has 0 aromatic heterocycles. The van der Waals surface area contributed by atoms with Crippen molar-refractivity contribution >= 4 is 15.7 Å². The van der Waals surface area contributed by atoms with E-state index in [1.54, 1.807) is 0 Å². The maximum Gasteiger partial charge on any atom is 0.232 e. The van der Waals surface area contributed by atoms with Crippen molar-refractivity contribution < 1.29 is 18.3 Å². The van der Waals surface area contributed by atoms with Crippen molar-refractivity contribution in [2.45, 2.75) is 25.5 Å². The zero-order valence-electron chi connectivity index (χ0n) is 13.6. The SMILES string of the molecule is CC1Cc2cc(C(O)CN3CCOCC3)ccc2N1S(C)(=O)=O. The molecule has 23 heavy (non-hydrogen) atoms. The molecule has 2 unspecified atom stereocenters. The third-order valence-electron chi connectivity index (χ3n) is 4.53. The first kappa shape index (κ1) is 16.7. The van der Waals surface area contributed by atoms with Gasteiger partial charge in [-0.1, -0.05) is 12.1 Å². The highest BCUT2D eigenvalue weighted by atomic mass is 32.2. The quantitative estimate of drug-likeness (QED) is 0.876. The van der Waals surface area contributed by atoms with Crippen LogP contribution < -0.4 is 4.31 Å². The molecule has 2 heterocycles. The molecule has 1 aromatic carbocycles. The Labute approximate surface area is 137 Å². The lowest BCUT2D eigenvalue weighted by Gasteiger charge is -2.28. The Balaban J connectivity index is 1.78. The lowest BCUT2D eigenvalue weighted by molar-refractivity contribution is 0.0143. The number of aliphatic hydroxyl groups is 1. The number of hydrogen-bond acceptors (Lipinski definition) is 5. The van der Waals surface area contributed by atoms with Gasteiger partial charge >= 0.3 is 0 Å². The molecule has 0 spiro atoms. The fourth-order valence-corrected chi connectivity index (χ4v) is 4.73. The summed E-state index contributed by atoms with van der Waals surface area (Å²) in [7, 11) is -3.27. The normalized spacial score (nSPS) is 23.8. The first-order valence-electron chi connectivity index (χ1n) is 7.96. The van der Waals surface area contributed by atoms with E-state index >= 15 is 0 Å². The second kappa shape index (κ2) is 6.39. The summed E-state index contributed by atoms with van der Waals surface area (Å²) in [5.41, 5.74) is 2.57. The molecule has 0 bridgehead atoms. The molecular formula is C16H24N2O4S. The largest absolute Gasteiger partial charge is 0.387 e. The number of fused-ring (bicyclic) bond motifs is 1. The van der Waals surface area contributed by atoms with Crippen LogP contribution in [0.15, 0.2) is 18.2 Å². The third-order valence-corrected chi connectivity index (χ3v) is 5.80. The summed E-state index contributed by atoms with van der Waals surface area (Å²) in [6.07, 6.45) is 1.35. The van der Waals surface area contributed by atoms with Crippen molar-refractivity contribution in [1.29, 1.82) is 0 Å². The van der Waals surface area contributed by atoms with E-state index in [2.05, 4.69) is 4.90 Å². The van der Waals surface area contributed by atoms with Crippen molar-refractivity contribution in [3.8, 4) is 0 Å². The average molecular weight is 340 g/mol. The summed E-state index contributed by atoms with van der Waals surface area (Å²) in [5, 5.41) is 10.5. The topological polar surface area (TPSA) is 70.1 Å². The molecule has 0 radical (unpaired) electrons. The van der Waals surface area contributed by atoms with Crippen LogP contribution in [0.1, 0.15) is 24.2 Å². The number of ether oxygens (including phenoxy) is 1. The van der Waals surface area contributed by atoms with Gasteiger partial charge in [-0.05, 0) is 30.5 Å². The van der Waals surface area contributed by atoms with Crippen LogP contribution in [-0.2, 0) is 21.2 Å². The molecule has 1 aromatic rings. The Morgan fingerprint density at radius 3 is 2.70 bits per heavy atom. The molecule has 2 aliphatic rings. The molecule has 0 amide bonds. The van der Waals surface area contributed by atoms with E-state index in [0.29, 0.717) is 26.2 Å². The van der Waals surface area contributed by atoms with Gasteiger partial charge in [-0.2, -0.15) is 0 Å². The number of aliphatic hydroxyl groups excluding tert-OH is 1. The highest BCUT2D eigenvalue weighted by Crippen LogP contribution is 2.35. The minimum atomic E-state index is -3.27. The Morgan fingerprint density at radius 2 is 2.04 bits per heavy atom. The molecule has 0 saturated carbocycles. The van der Waals surface area contributed by atoms with Crippen LogP contribution in [-0.4, -0.2) is 63.6 Å². The Kier molecular flexibility index (Phi) is 4.64. The Bertz CT molecular complexity index is 671. The van der Waals surface area contributed by atoms with Gasteiger partial charge in [-0.15, -0.1) is 0 Å². The molecular weight excluding hydrogens is 316 g/mol. The van der Waals surface area contributed by atoms with E-state index in [9.17, 15) is 13.5 Å². The first-order chi connectivity index (χ1) is 10.9. The molecule has 2 atom stereocenters. The monoisotopic (exact) mass is 340 g/mol. The first-order valence-corrected chi connectivity index (χ1v) is 9.81. The maximum absolute atomic E-state index is 11.9. The van der Waals surface area contributed by atoms with E-state index in [-0.39, 0.29) is 6.04 Å². The van der Waals surface area contributed by atoms with Crippen LogP contribution in [0.4, 0.5) is 5.69 Å². The van der Waals surface area contributed by atoms with Gasteiger partial charge in [-0.25, -0.2) is 8.42 Å². The second-order valence-electron chi connectivity index (χ2n) is 6.43. The van der Waals surface area contributed by atoms with Gasteiger partial charge in [0.2, 0.25) is 10.0 Å². The summed E-state index contributed by atoms with van der Waals surface area (Å²) in [6, 6.07) is 5.52. The van der Waals surface area contributed by atoms with E-state index in [1.807, 2.05) is 25.1 Å². The summed E-state index contributed by atoms with van der Waals surface area (Å²) >= 11 is 0. The number of hydrogen-bond donors (Lipinski definition) is 1. The Morgan fingerprint density at radius 1 is 1.35 bits per heavy atom. The molecule has 0 aliphatic carbocycles. The number of nitrogens with zero attached hydrogens (tertiary/aromatic N) is 2. The van der Waals surface area contributed by atoms with Crippen molar-refractivity contribution in [3.63, 3.8) is 0 Å². The van der Waals surface area contributed by atoms with Gasteiger partial charge < -0.3 is 9.84 Å². The second-order valence-corrected chi connectivity index (χ2v) is 8.29. The van der Waals surface area contributed by atoms with Crippen LogP contribution in [0, 0.1) is 0 Å². The number of benzene rings is 1. The third kappa shape index (κ3) is 3.52. The minimum absolute atomic E-state index is 0.0772. The predicted octanol–water partition coefficient (Wildman–Crippen LogP) is 0.763. The van der Waals surface area contributed by atoms with Crippen molar-refractivity contribution in [2.24, 2.45) is 0 Å². The average Bonchev–Trinajstić information content (AvgIpc) is 2.82. The van der Waals surface area contributed by atoms with Crippen LogP contribution in [0.3, 0.4) is 0 Å². The molecule has 1 fully saturated rings. The highest BCUT2D eigenvalue weighted by Gasteiger charge is 2.32.